The molecule has 0 atom stereocenters. The molecule has 0 bridgehead atoms. The summed E-state index contributed by atoms with van der Waals surface area (Å²) in [6, 6.07) is 10.9. The van der Waals surface area contributed by atoms with Gasteiger partial charge in [-0.05, 0) is 99.7 Å². The smallest absolute Gasteiger partial charge is 0.344 e. The molecule has 0 aromatic heterocycles. The number of ether oxygens (including phenoxy) is 2. The number of carbonyl (C=O) groups is 2. The molecule has 1 N–H and O–H groups in total. The summed E-state index contributed by atoms with van der Waals surface area (Å²) in [5, 5.41) is 12.2. The van der Waals surface area contributed by atoms with Gasteiger partial charge in [0.05, 0.1) is 15.6 Å². The summed E-state index contributed by atoms with van der Waals surface area (Å²) in [5.41, 5.74) is 3.33. The van der Waals surface area contributed by atoms with Gasteiger partial charge in [0.1, 0.15) is 17.4 Å². The van der Waals surface area contributed by atoms with Gasteiger partial charge in [-0.25, -0.2) is 4.79 Å². The van der Waals surface area contributed by atoms with E-state index < -0.39 is 11.9 Å². The number of anilines is 1. The molecule has 0 fully saturated rings. The average molecular weight is 536 g/mol. The number of nitrogens with zero attached hydrogens (tertiary/aromatic N) is 1. The van der Waals surface area contributed by atoms with Gasteiger partial charge in [-0.3, -0.25) is 4.79 Å². The van der Waals surface area contributed by atoms with Crippen LogP contribution < -0.4 is 10.1 Å². The molecule has 0 saturated carbocycles. The Hall–Kier alpha value is -2.63. The number of halogens is 2. The summed E-state index contributed by atoms with van der Waals surface area (Å²) in [6.07, 6.45) is 1.47. The molecule has 0 aliphatic carbocycles. The minimum atomic E-state index is -0.504. The van der Waals surface area contributed by atoms with E-state index in [1.165, 1.54) is 6.08 Å². The van der Waals surface area contributed by atoms with E-state index >= 15 is 0 Å². The van der Waals surface area contributed by atoms with Crippen molar-refractivity contribution >= 4 is 55.5 Å². The van der Waals surface area contributed by atoms with Crippen LogP contribution in [0.3, 0.4) is 0 Å². The van der Waals surface area contributed by atoms with Gasteiger partial charge in [-0.2, -0.15) is 5.26 Å². The third-order valence-electron chi connectivity index (χ3n) is 4.10. The molecule has 30 heavy (non-hydrogen) atoms. The van der Waals surface area contributed by atoms with Gasteiger partial charge in [0.25, 0.3) is 5.91 Å². The normalized spacial score (nSPS) is 10.9. The van der Waals surface area contributed by atoms with E-state index in [9.17, 15) is 14.9 Å². The molecule has 8 heteroatoms. The van der Waals surface area contributed by atoms with Crippen LogP contribution in [0.2, 0.25) is 0 Å². The molecule has 0 unspecified atom stereocenters. The number of hydrogen-bond donors (Lipinski definition) is 1. The SMILES string of the molecule is CCOC(=O)COc1c(Br)cc(/C=C(\C#N)C(=O)Nc2ccc(C)c(C)c2)cc1Br. The molecule has 1 amide bonds. The minimum Gasteiger partial charge on any atom is -0.480 e. The minimum absolute atomic E-state index is 0.0489. The molecular weight excluding hydrogens is 516 g/mol. The van der Waals surface area contributed by atoms with E-state index in [4.69, 9.17) is 9.47 Å². The van der Waals surface area contributed by atoms with Crippen LogP contribution >= 0.6 is 31.9 Å². The lowest BCUT2D eigenvalue weighted by Gasteiger charge is -2.11. The maximum absolute atomic E-state index is 12.5. The molecule has 2 aromatic carbocycles. The van der Waals surface area contributed by atoms with Crippen molar-refractivity contribution < 1.29 is 19.1 Å². The van der Waals surface area contributed by atoms with Gasteiger partial charge < -0.3 is 14.8 Å². The molecule has 0 spiro atoms. The number of nitriles is 1. The van der Waals surface area contributed by atoms with E-state index in [0.717, 1.165) is 11.1 Å². The van der Waals surface area contributed by atoms with E-state index in [1.54, 1.807) is 25.1 Å². The highest BCUT2D eigenvalue weighted by atomic mass is 79.9. The van der Waals surface area contributed by atoms with Gasteiger partial charge in [0.15, 0.2) is 6.61 Å². The van der Waals surface area contributed by atoms with E-state index in [2.05, 4.69) is 37.2 Å². The fourth-order valence-corrected chi connectivity index (χ4v) is 3.92. The quantitative estimate of drug-likeness (QED) is 0.294. The third kappa shape index (κ3) is 6.44. The summed E-state index contributed by atoms with van der Waals surface area (Å²) >= 11 is 6.77. The Labute approximate surface area is 192 Å². The molecule has 0 saturated heterocycles. The number of rotatable bonds is 7. The zero-order valence-electron chi connectivity index (χ0n) is 16.7. The summed E-state index contributed by atoms with van der Waals surface area (Å²) in [4.78, 5) is 24.0. The Bertz CT molecular complexity index is 1020. The number of carbonyl (C=O) groups excluding carboxylic acids is 2. The lowest BCUT2D eigenvalue weighted by Crippen LogP contribution is -2.15. The maximum Gasteiger partial charge on any atom is 0.344 e. The number of amides is 1. The van der Waals surface area contributed by atoms with Crippen LogP contribution in [0.5, 0.6) is 5.75 Å². The monoisotopic (exact) mass is 534 g/mol. The van der Waals surface area contributed by atoms with Crippen molar-refractivity contribution in [1.82, 2.24) is 0 Å². The van der Waals surface area contributed by atoms with Gasteiger partial charge in [0.2, 0.25) is 0 Å². The van der Waals surface area contributed by atoms with Crippen molar-refractivity contribution in [2.24, 2.45) is 0 Å². The second-order valence-electron chi connectivity index (χ2n) is 6.33. The Morgan fingerprint density at radius 2 is 1.80 bits per heavy atom. The summed E-state index contributed by atoms with van der Waals surface area (Å²) in [7, 11) is 0. The lowest BCUT2D eigenvalue weighted by molar-refractivity contribution is -0.145. The second kappa shape index (κ2) is 11.0. The van der Waals surface area contributed by atoms with Crippen LogP contribution in [-0.4, -0.2) is 25.1 Å². The van der Waals surface area contributed by atoms with Crippen molar-refractivity contribution in [3.63, 3.8) is 0 Å². The fourth-order valence-electron chi connectivity index (χ4n) is 2.47. The largest absolute Gasteiger partial charge is 0.480 e. The zero-order chi connectivity index (χ0) is 22.3. The number of hydrogen-bond acceptors (Lipinski definition) is 5. The number of esters is 1. The standard InChI is InChI=1S/C22H20Br2N2O4/c1-4-29-20(27)12-30-21-18(23)9-15(10-19(21)24)8-16(11-25)22(28)26-17-6-5-13(2)14(3)7-17/h5-10H,4,12H2,1-3H3,(H,26,28)/b16-8+. The Morgan fingerprint density at radius 1 is 1.13 bits per heavy atom. The van der Waals surface area contributed by atoms with Gasteiger partial charge in [-0.1, -0.05) is 6.07 Å². The first-order chi connectivity index (χ1) is 14.2. The van der Waals surface area contributed by atoms with Crippen LogP contribution in [-0.2, 0) is 14.3 Å². The number of benzene rings is 2. The van der Waals surface area contributed by atoms with Crippen LogP contribution in [0, 0.1) is 25.2 Å². The highest BCUT2D eigenvalue weighted by Gasteiger charge is 2.14. The number of aryl methyl sites for hydroxylation is 2. The Balaban J connectivity index is 2.20. The van der Waals surface area contributed by atoms with Crippen LogP contribution in [0.1, 0.15) is 23.6 Å². The van der Waals surface area contributed by atoms with Crippen molar-refractivity contribution in [3.05, 3.63) is 61.5 Å². The van der Waals surface area contributed by atoms with E-state index in [0.29, 0.717) is 25.9 Å². The topological polar surface area (TPSA) is 88.4 Å². The van der Waals surface area contributed by atoms with Crippen molar-refractivity contribution in [2.45, 2.75) is 20.8 Å². The molecule has 0 radical (unpaired) electrons. The third-order valence-corrected chi connectivity index (χ3v) is 5.28. The molecule has 2 aromatic rings. The zero-order valence-corrected chi connectivity index (χ0v) is 19.9. The van der Waals surface area contributed by atoms with Crippen LogP contribution in [0.15, 0.2) is 44.9 Å². The predicted molar refractivity (Wildman–Crippen MR) is 122 cm³/mol. The number of nitrogens with one attached hydrogen (secondary N) is 1. The highest BCUT2D eigenvalue weighted by Crippen LogP contribution is 2.35. The molecule has 0 aliphatic rings. The average Bonchev–Trinajstić information content (AvgIpc) is 2.68. The molecular formula is C22H20Br2N2O4. The van der Waals surface area contributed by atoms with Crippen molar-refractivity contribution in [1.29, 1.82) is 5.26 Å². The van der Waals surface area contributed by atoms with Gasteiger partial charge >= 0.3 is 5.97 Å². The van der Waals surface area contributed by atoms with Crippen LogP contribution in [0.25, 0.3) is 6.08 Å². The molecule has 0 heterocycles. The highest BCUT2D eigenvalue weighted by molar-refractivity contribution is 9.11. The van der Waals surface area contributed by atoms with Gasteiger partial charge in [0, 0.05) is 5.69 Å². The molecule has 2 rings (SSSR count). The first-order valence-corrected chi connectivity index (χ1v) is 10.6. The Kier molecular flexibility index (Phi) is 8.63. The first kappa shape index (κ1) is 23.6. The van der Waals surface area contributed by atoms with Crippen molar-refractivity contribution in [3.8, 4) is 11.8 Å². The molecule has 156 valence electrons. The lowest BCUT2D eigenvalue weighted by atomic mass is 10.1. The maximum atomic E-state index is 12.5. The van der Waals surface area contributed by atoms with Crippen molar-refractivity contribution in [2.75, 3.05) is 18.5 Å². The van der Waals surface area contributed by atoms with E-state index in [-0.39, 0.29) is 18.8 Å². The van der Waals surface area contributed by atoms with Crippen LogP contribution in [0.4, 0.5) is 5.69 Å². The summed E-state index contributed by atoms with van der Waals surface area (Å²) in [6.45, 7) is 5.69. The fraction of sp³-hybridized carbons (Fsp3) is 0.227. The first-order valence-electron chi connectivity index (χ1n) is 9.03. The predicted octanol–water partition coefficient (Wildman–Crippen LogP) is 5.32. The molecule has 6 nitrogen and oxygen atoms in total. The summed E-state index contributed by atoms with van der Waals surface area (Å²) in [5.74, 6) is -0.566. The summed E-state index contributed by atoms with van der Waals surface area (Å²) < 4.78 is 11.4. The Morgan fingerprint density at radius 3 is 2.37 bits per heavy atom. The van der Waals surface area contributed by atoms with E-state index in [1.807, 2.05) is 32.0 Å². The molecule has 0 aliphatic heterocycles. The second-order valence-corrected chi connectivity index (χ2v) is 8.04. The van der Waals surface area contributed by atoms with Gasteiger partial charge in [-0.15, -0.1) is 0 Å².